The molecule has 0 radical (unpaired) electrons. The van der Waals surface area contributed by atoms with Crippen molar-refractivity contribution in [3.05, 3.63) is 41.2 Å². The number of carbonyl (C=O) groups is 2. The van der Waals surface area contributed by atoms with Crippen LogP contribution in [0.5, 0.6) is 0 Å². The molecule has 0 aliphatic heterocycles. The molecule has 0 saturated heterocycles. The lowest BCUT2D eigenvalue weighted by molar-refractivity contribution is -0.125. The van der Waals surface area contributed by atoms with Gasteiger partial charge in [-0.3, -0.25) is 9.59 Å². The van der Waals surface area contributed by atoms with Crippen LogP contribution in [0.3, 0.4) is 0 Å². The molecule has 1 fully saturated rings. The van der Waals surface area contributed by atoms with Crippen LogP contribution in [-0.2, 0) is 9.59 Å². The molecule has 1 N–H and O–H groups in total. The van der Waals surface area contributed by atoms with Crippen molar-refractivity contribution in [3.63, 3.8) is 0 Å². The first-order valence-electron chi connectivity index (χ1n) is 7.48. The Balaban J connectivity index is 1.89. The molecule has 23 heavy (non-hydrogen) atoms. The predicted molar refractivity (Wildman–Crippen MR) is 84.4 cm³/mol. The van der Waals surface area contributed by atoms with Crippen LogP contribution < -0.4 is 0 Å². The third-order valence-electron chi connectivity index (χ3n) is 3.82. The molecule has 2 rings (SSSR count). The molecular weight excluding hydrogens is 322 g/mol. The average molecular weight is 340 g/mol. The van der Waals surface area contributed by atoms with Gasteiger partial charge in [0.25, 0.3) is 0 Å². The molecule has 0 aromatic heterocycles. The lowest BCUT2D eigenvalue weighted by Gasteiger charge is -2.22. The Morgan fingerprint density at radius 2 is 1.87 bits per heavy atom. The highest BCUT2D eigenvalue weighted by molar-refractivity contribution is 7.99. The highest BCUT2D eigenvalue weighted by Crippen LogP contribution is 2.30. The van der Waals surface area contributed by atoms with Gasteiger partial charge in [0.1, 0.15) is 5.76 Å². The maximum atomic E-state index is 13.1. The number of benzene rings is 1. The molecule has 1 aliphatic rings. The Morgan fingerprint density at radius 3 is 2.43 bits per heavy atom. The number of aliphatic hydroxyl groups excluding tert-OH is 1. The second-order valence-corrected chi connectivity index (χ2v) is 6.68. The first kappa shape index (κ1) is 17.7. The van der Waals surface area contributed by atoms with E-state index in [1.54, 1.807) is 6.92 Å². The molecule has 0 heterocycles. The fraction of sp³-hybridized carbons (Fsp3) is 0.412. The molecule has 124 valence electrons. The van der Waals surface area contributed by atoms with E-state index >= 15 is 0 Å². The number of halogens is 2. The van der Waals surface area contributed by atoms with Crippen LogP contribution in [0.15, 0.2) is 34.4 Å². The summed E-state index contributed by atoms with van der Waals surface area (Å²) in [7, 11) is 0. The Bertz CT molecular complexity index is 635. The molecular formula is C17H18F2O3S. The zero-order chi connectivity index (χ0) is 17.0. The summed E-state index contributed by atoms with van der Waals surface area (Å²) >= 11 is 1.36. The fourth-order valence-corrected chi connectivity index (χ4v) is 3.61. The third kappa shape index (κ3) is 4.41. The number of allylic oxidation sites excluding steroid dienone is 2. The van der Waals surface area contributed by atoms with Crippen LogP contribution in [0.4, 0.5) is 8.78 Å². The lowest BCUT2D eigenvalue weighted by atomic mass is 9.81. The summed E-state index contributed by atoms with van der Waals surface area (Å²) in [6.45, 7) is 1.69. The van der Waals surface area contributed by atoms with Gasteiger partial charge < -0.3 is 5.11 Å². The zero-order valence-corrected chi connectivity index (χ0v) is 13.6. The van der Waals surface area contributed by atoms with E-state index in [9.17, 15) is 23.5 Å². The van der Waals surface area contributed by atoms with Crippen molar-refractivity contribution in [2.75, 3.05) is 5.75 Å². The summed E-state index contributed by atoms with van der Waals surface area (Å²) < 4.78 is 26.0. The van der Waals surface area contributed by atoms with Crippen LogP contribution in [0.25, 0.3) is 0 Å². The zero-order valence-electron chi connectivity index (χ0n) is 12.8. The number of Topliss-reactive ketones (excluding diaryl/α,β-unsaturated/α-hetero) is 2. The second kappa shape index (κ2) is 7.73. The third-order valence-corrected chi connectivity index (χ3v) is 4.84. The van der Waals surface area contributed by atoms with Crippen LogP contribution in [0.1, 0.15) is 32.6 Å². The maximum absolute atomic E-state index is 13.1. The van der Waals surface area contributed by atoms with E-state index in [4.69, 9.17) is 0 Å². The molecule has 1 saturated carbocycles. The molecule has 6 heteroatoms. The van der Waals surface area contributed by atoms with Crippen molar-refractivity contribution in [1.82, 2.24) is 0 Å². The topological polar surface area (TPSA) is 54.4 Å². The number of aliphatic hydroxyl groups is 1. The van der Waals surface area contributed by atoms with Crippen LogP contribution >= 0.6 is 11.8 Å². The Labute approximate surface area is 137 Å². The summed E-state index contributed by atoms with van der Waals surface area (Å²) in [5.74, 6) is -1.96. The Hall–Kier alpha value is -1.69. The minimum atomic E-state index is -0.886. The molecule has 1 aromatic rings. The van der Waals surface area contributed by atoms with Crippen LogP contribution in [-0.4, -0.2) is 22.4 Å². The summed E-state index contributed by atoms with van der Waals surface area (Å²) in [6, 6.07) is 3.72. The monoisotopic (exact) mass is 340 g/mol. The van der Waals surface area contributed by atoms with E-state index in [0.717, 1.165) is 12.1 Å². The summed E-state index contributed by atoms with van der Waals surface area (Å²) in [4.78, 5) is 24.6. The normalized spacial score (nSPS) is 18.4. The highest BCUT2D eigenvalue weighted by Gasteiger charge is 2.32. The predicted octanol–water partition coefficient (Wildman–Crippen LogP) is 4.22. The smallest absolute Gasteiger partial charge is 0.170 e. The summed E-state index contributed by atoms with van der Waals surface area (Å²) in [5, 5.41) is 9.65. The molecule has 1 aliphatic carbocycles. The minimum absolute atomic E-state index is 0.0444. The van der Waals surface area contributed by atoms with E-state index in [1.165, 1.54) is 17.8 Å². The fourth-order valence-electron chi connectivity index (χ4n) is 2.57. The standard InChI is InChI=1S/C17H18F2O3S/c1-2-14(20)17-15(21)7-10(8-16(17)22)5-6-23-11-3-4-12(18)13(19)9-11/h3-4,9-10,20H,2,5-8H2,1H3. The van der Waals surface area contributed by atoms with Gasteiger partial charge in [0, 0.05) is 24.2 Å². The van der Waals surface area contributed by atoms with E-state index in [-0.39, 0.29) is 48.1 Å². The van der Waals surface area contributed by atoms with Gasteiger partial charge in [0.05, 0.1) is 5.57 Å². The molecule has 0 unspecified atom stereocenters. The van der Waals surface area contributed by atoms with Gasteiger partial charge in [-0.2, -0.15) is 0 Å². The van der Waals surface area contributed by atoms with Crippen LogP contribution in [0, 0.1) is 17.6 Å². The number of ketones is 2. The van der Waals surface area contributed by atoms with Crippen molar-refractivity contribution in [1.29, 1.82) is 0 Å². The van der Waals surface area contributed by atoms with Crippen molar-refractivity contribution >= 4 is 23.3 Å². The number of hydrogen-bond donors (Lipinski definition) is 1. The van der Waals surface area contributed by atoms with E-state index in [2.05, 4.69) is 0 Å². The molecule has 3 nitrogen and oxygen atoms in total. The van der Waals surface area contributed by atoms with Crippen molar-refractivity contribution < 1.29 is 23.5 Å². The van der Waals surface area contributed by atoms with Crippen LogP contribution in [0.2, 0.25) is 0 Å². The number of rotatable bonds is 5. The molecule has 0 spiro atoms. The number of hydrogen-bond acceptors (Lipinski definition) is 4. The summed E-state index contributed by atoms with van der Waals surface area (Å²) in [6.07, 6.45) is 1.37. The molecule has 1 aromatic carbocycles. The number of carbonyl (C=O) groups excluding carboxylic acids is 2. The Morgan fingerprint density at radius 1 is 1.22 bits per heavy atom. The largest absolute Gasteiger partial charge is 0.511 e. The molecule has 0 atom stereocenters. The van der Waals surface area contributed by atoms with Crippen molar-refractivity contribution in [2.24, 2.45) is 5.92 Å². The van der Waals surface area contributed by atoms with Gasteiger partial charge in [-0.05, 0) is 36.3 Å². The average Bonchev–Trinajstić information content (AvgIpc) is 2.50. The minimum Gasteiger partial charge on any atom is -0.511 e. The van der Waals surface area contributed by atoms with Gasteiger partial charge in [-0.25, -0.2) is 8.78 Å². The summed E-state index contributed by atoms with van der Waals surface area (Å²) in [5.41, 5.74) is -0.0444. The van der Waals surface area contributed by atoms with Gasteiger partial charge in [0.2, 0.25) is 0 Å². The maximum Gasteiger partial charge on any atom is 0.170 e. The van der Waals surface area contributed by atoms with Crippen molar-refractivity contribution in [3.8, 4) is 0 Å². The first-order valence-corrected chi connectivity index (χ1v) is 8.47. The molecule has 0 bridgehead atoms. The van der Waals surface area contributed by atoms with Gasteiger partial charge in [-0.15, -0.1) is 11.8 Å². The quantitative estimate of drug-likeness (QED) is 0.377. The van der Waals surface area contributed by atoms with E-state index < -0.39 is 11.6 Å². The second-order valence-electron chi connectivity index (χ2n) is 5.51. The van der Waals surface area contributed by atoms with Gasteiger partial charge in [-0.1, -0.05) is 6.92 Å². The van der Waals surface area contributed by atoms with E-state index in [1.807, 2.05) is 0 Å². The lowest BCUT2D eigenvalue weighted by Crippen LogP contribution is -2.27. The Kier molecular flexibility index (Phi) is 5.93. The van der Waals surface area contributed by atoms with Crippen molar-refractivity contribution in [2.45, 2.75) is 37.5 Å². The SMILES string of the molecule is CCC(O)=C1C(=O)CC(CCSc2ccc(F)c(F)c2)CC1=O. The molecule has 0 amide bonds. The first-order chi connectivity index (χ1) is 10.9. The number of thioether (sulfide) groups is 1. The van der Waals surface area contributed by atoms with Gasteiger partial charge in [0.15, 0.2) is 23.2 Å². The van der Waals surface area contributed by atoms with E-state index in [0.29, 0.717) is 17.1 Å². The highest BCUT2D eigenvalue weighted by atomic mass is 32.2. The van der Waals surface area contributed by atoms with Gasteiger partial charge >= 0.3 is 0 Å².